The van der Waals surface area contributed by atoms with Crippen molar-refractivity contribution < 1.29 is 14.3 Å². The van der Waals surface area contributed by atoms with E-state index in [0.29, 0.717) is 30.3 Å². The van der Waals surface area contributed by atoms with Crippen molar-refractivity contribution in [3.8, 4) is 0 Å². The first kappa shape index (κ1) is 29.6. The Labute approximate surface area is 249 Å². The molecule has 5 rings (SSSR count). The fourth-order valence-corrected chi connectivity index (χ4v) is 5.77. The third kappa shape index (κ3) is 8.81. The molecule has 2 heterocycles. The van der Waals surface area contributed by atoms with Crippen LogP contribution in [0, 0.1) is 5.92 Å². The molecule has 0 aliphatic carbocycles. The van der Waals surface area contributed by atoms with Crippen LogP contribution in [0.2, 0.25) is 0 Å². The molecule has 0 spiro atoms. The number of hydrogen-bond acceptors (Lipinski definition) is 5. The molecule has 2 aliphatic rings. The van der Waals surface area contributed by atoms with Crippen LogP contribution < -0.4 is 20.9 Å². The zero-order valence-electron chi connectivity index (χ0n) is 24.4. The molecule has 8 nitrogen and oxygen atoms in total. The van der Waals surface area contributed by atoms with Crippen molar-refractivity contribution in [2.24, 2.45) is 5.92 Å². The molecule has 3 amide bonds. The maximum Gasteiger partial charge on any atom is 0.319 e. The lowest BCUT2D eigenvalue weighted by atomic mass is 9.89. The minimum Gasteiger partial charge on any atom is -0.379 e. The van der Waals surface area contributed by atoms with E-state index in [1.807, 2.05) is 48.5 Å². The average Bonchev–Trinajstić information content (AvgIpc) is 3.04. The highest BCUT2D eigenvalue weighted by Crippen LogP contribution is 2.30. The van der Waals surface area contributed by atoms with Gasteiger partial charge in [-0.1, -0.05) is 60.7 Å². The van der Waals surface area contributed by atoms with Crippen LogP contribution in [0.3, 0.4) is 0 Å². The minimum absolute atomic E-state index is 0.105. The van der Waals surface area contributed by atoms with E-state index in [9.17, 15) is 9.59 Å². The Morgan fingerprint density at radius 3 is 2.21 bits per heavy atom. The van der Waals surface area contributed by atoms with Crippen molar-refractivity contribution in [2.45, 2.75) is 32.2 Å². The van der Waals surface area contributed by atoms with Crippen LogP contribution in [0.5, 0.6) is 0 Å². The number of nitrogens with zero attached hydrogens (tertiary/aromatic N) is 2. The molecule has 42 heavy (non-hydrogen) atoms. The van der Waals surface area contributed by atoms with Gasteiger partial charge < -0.3 is 25.6 Å². The molecule has 0 unspecified atom stereocenters. The van der Waals surface area contributed by atoms with E-state index in [0.717, 1.165) is 82.9 Å². The van der Waals surface area contributed by atoms with E-state index in [-0.39, 0.29) is 11.9 Å². The molecule has 2 fully saturated rings. The first-order valence-electron chi connectivity index (χ1n) is 15.2. The second kappa shape index (κ2) is 15.4. The molecule has 3 N–H and O–H groups in total. The molecular weight excluding hydrogens is 526 g/mol. The summed E-state index contributed by atoms with van der Waals surface area (Å²) in [7, 11) is 0. The van der Waals surface area contributed by atoms with Gasteiger partial charge in [-0.25, -0.2) is 4.79 Å². The fraction of sp³-hybridized carbons (Fsp3) is 0.412. The number of rotatable bonds is 11. The van der Waals surface area contributed by atoms with Gasteiger partial charge in [0.05, 0.1) is 18.8 Å². The lowest BCUT2D eigenvalue weighted by Gasteiger charge is -2.35. The van der Waals surface area contributed by atoms with Gasteiger partial charge in [-0.05, 0) is 67.5 Å². The minimum atomic E-state index is -0.301. The largest absolute Gasteiger partial charge is 0.379 e. The Balaban J connectivity index is 1.21. The third-order valence-electron chi connectivity index (χ3n) is 8.16. The number of hydrogen-bond donors (Lipinski definition) is 3. The number of benzene rings is 3. The standard InChI is InChI=1S/C34H43N5O3/c40-33(35-16-7-17-38-20-22-42-23-21-38)31-25-30(37-34(41)36-26-29-10-5-2-6-11-29)12-13-32(31)39-18-14-28(15-19-39)24-27-8-3-1-4-9-27/h1-6,8-13,25,28H,7,14-24,26H2,(H,35,40)(H2,36,37,41). The summed E-state index contributed by atoms with van der Waals surface area (Å²) in [5.74, 6) is 0.530. The van der Waals surface area contributed by atoms with Gasteiger partial charge in [0.25, 0.3) is 5.91 Å². The summed E-state index contributed by atoms with van der Waals surface area (Å²) < 4.78 is 5.43. The number of carbonyl (C=O) groups excluding carboxylic acids is 2. The van der Waals surface area contributed by atoms with E-state index in [4.69, 9.17) is 4.74 Å². The lowest BCUT2D eigenvalue weighted by molar-refractivity contribution is 0.0374. The van der Waals surface area contributed by atoms with Crippen molar-refractivity contribution in [3.63, 3.8) is 0 Å². The van der Waals surface area contributed by atoms with Gasteiger partial charge in [0.15, 0.2) is 0 Å². The quantitative estimate of drug-likeness (QED) is 0.286. The normalized spacial score (nSPS) is 16.1. The summed E-state index contributed by atoms with van der Waals surface area (Å²) in [6.07, 6.45) is 4.13. The van der Waals surface area contributed by atoms with Gasteiger partial charge in [-0.15, -0.1) is 0 Å². The van der Waals surface area contributed by atoms with Crippen LogP contribution in [0.25, 0.3) is 0 Å². The van der Waals surface area contributed by atoms with Crippen molar-refractivity contribution >= 4 is 23.3 Å². The molecule has 0 bridgehead atoms. The topological polar surface area (TPSA) is 85.9 Å². The second-order valence-electron chi connectivity index (χ2n) is 11.2. The van der Waals surface area contributed by atoms with Crippen LogP contribution >= 0.6 is 0 Å². The SMILES string of the molecule is O=C(NCc1ccccc1)Nc1ccc(N2CCC(Cc3ccccc3)CC2)c(C(=O)NCCCN2CCOCC2)c1. The highest BCUT2D eigenvalue weighted by molar-refractivity contribution is 6.02. The predicted octanol–water partition coefficient (Wildman–Crippen LogP) is 4.92. The van der Waals surface area contributed by atoms with Crippen molar-refractivity contribution in [3.05, 3.63) is 95.6 Å². The Hall–Kier alpha value is -3.88. The van der Waals surface area contributed by atoms with Gasteiger partial charge in [0.1, 0.15) is 0 Å². The van der Waals surface area contributed by atoms with E-state index >= 15 is 0 Å². The predicted molar refractivity (Wildman–Crippen MR) is 168 cm³/mol. The number of urea groups is 1. The molecule has 2 aliphatic heterocycles. The maximum atomic E-state index is 13.5. The summed E-state index contributed by atoms with van der Waals surface area (Å²) in [6, 6.07) is 25.9. The maximum absolute atomic E-state index is 13.5. The Bertz CT molecular complexity index is 1270. The smallest absolute Gasteiger partial charge is 0.319 e. The first-order chi connectivity index (χ1) is 20.6. The number of nitrogens with one attached hydrogen (secondary N) is 3. The zero-order chi connectivity index (χ0) is 29.0. The van der Waals surface area contributed by atoms with Gasteiger partial charge in [-0.3, -0.25) is 9.69 Å². The van der Waals surface area contributed by atoms with Gasteiger partial charge in [0.2, 0.25) is 0 Å². The Morgan fingerprint density at radius 1 is 0.810 bits per heavy atom. The Morgan fingerprint density at radius 2 is 1.50 bits per heavy atom. The first-order valence-corrected chi connectivity index (χ1v) is 15.2. The van der Waals surface area contributed by atoms with Crippen LogP contribution in [-0.2, 0) is 17.7 Å². The van der Waals surface area contributed by atoms with Crippen LogP contribution in [0.15, 0.2) is 78.9 Å². The number of morpholine rings is 1. The summed E-state index contributed by atoms with van der Waals surface area (Å²) >= 11 is 0. The van der Waals surface area contributed by atoms with E-state index < -0.39 is 0 Å². The van der Waals surface area contributed by atoms with Crippen LogP contribution in [-0.4, -0.2) is 69.3 Å². The number of piperidine rings is 1. The number of ether oxygens (including phenoxy) is 1. The monoisotopic (exact) mass is 569 g/mol. The van der Waals surface area contributed by atoms with Crippen LogP contribution in [0.4, 0.5) is 16.2 Å². The molecular formula is C34H43N5O3. The van der Waals surface area contributed by atoms with E-state index in [1.54, 1.807) is 0 Å². The van der Waals surface area contributed by atoms with Crippen molar-refractivity contribution in [2.75, 3.05) is 62.7 Å². The molecule has 8 heteroatoms. The van der Waals surface area contributed by atoms with Gasteiger partial charge in [-0.2, -0.15) is 0 Å². The Kier molecular flexibility index (Phi) is 10.8. The summed E-state index contributed by atoms with van der Waals surface area (Å²) in [5, 5.41) is 8.95. The van der Waals surface area contributed by atoms with E-state index in [1.165, 1.54) is 5.56 Å². The highest BCUT2D eigenvalue weighted by atomic mass is 16.5. The third-order valence-corrected chi connectivity index (χ3v) is 8.16. The second-order valence-corrected chi connectivity index (χ2v) is 11.2. The molecule has 2 saturated heterocycles. The van der Waals surface area contributed by atoms with Crippen molar-refractivity contribution in [1.29, 1.82) is 0 Å². The average molecular weight is 570 g/mol. The molecule has 0 radical (unpaired) electrons. The number of anilines is 2. The zero-order valence-corrected chi connectivity index (χ0v) is 24.4. The number of carbonyl (C=O) groups is 2. The lowest BCUT2D eigenvalue weighted by Crippen LogP contribution is -2.38. The molecule has 0 atom stereocenters. The summed E-state index contributed by atoms with van der Waals surface area (Å²) in [5.41, 5.74) is 4.53. The molecule has 3 aromatic carbocycles. The molecule has 3 aromatic rings. The molecule has 0 aromatic heterocycles. The number of amides is 3. The summed E-state index contributed by atoms with van der Waals surface area (Å²) in [6.45, 7) is 7.21. The van der Waals surface area contributed by atoms with E-state index in [2.05, 4.69) is 56.1 Å². The summed E-state index contributed by atoms with van der Waals surface area (Å²) in [4.78, 5) is 30.9. The van der Waals surface area contributed by atoms with Crippen molar-refractivity contribution in [1.82, 2.24) is 15.5 Å². The molecule has 222 valence electrons. The van der Waals surface area contributed by atoms with Crippen LogP contribution in [0.1, 0.15) is 40.7 Å². The van der Waals surface area contributed by atoms with Gasteiger partial charge in [0, 0.05) is 50.6 Å². The molecule has 0 saturated carbocycles. The fourth-order valence-electron chi connectivity index (χ4n) is 5.77. The highest BCUT2D eigenvalue weighted by Gasteiger charge is 2.24. The van der Waals surface area contributed by atoms with Gasteiger partial charge >= 0.3 is 6.03 Å².